The van der Waals surface area contributed by atoms with Crippen LogP contribution < -0.4 is 14.8 Å². The van der Waals surface area contributed by atoms with Gasteiger partial charge in [0.15, 0.2) is 0 Å². The van der Waals surface area contributed by atoms with Crippen molar-refractivity contribution in [1.29, 1.82) is 0 Å². The number of methoxy groups -OCH3 is 1. The van der Waals surface area contributed by atoms with Crippen LogP contribution in [0.3, 0.4) is 0 Å². The van der Waals surface area contributed by atoms with E-state index in [1.54, 1.807) is 13.2 Å². The van der Waals surface area contributed by atoms with Crippen LogP contribution in [0.4, 0.5) is 0 Å². The number of β-amino-alcohol motifs (C(OH)–C–C–N with tert-alkyl or cyclic N) is 1. The maximum atomic E-state index is 10.5. The highest BCUT2D eigenvalue weighted by Gasteiger charge is 2.15. The largest absolute Gasteiger partial charge is 0.497 e. The molecular weight excluding hydrogens is 360 g/mol. The van der Waals surface area contributed by atoms with Crippen LogP contribution in [0, 0.1) is 0 Å². The molecule has 1 aliphatic rings. The first-order valence-corrected chi connectivity index (χ1v) is 10.3. The number of hydrogen-bond acceptors (Lipinski definition) is 7. The predicted molar refractivity (Wildman–Crippen MR) is 109 cm³/mol. The molecule has 7 nitrogen and oxygen atoms in total. The van der Waals surface area contributed by atoms with Crippen molar-refractivity contribution in [1.82, 2.24) is 10.2 Å². The molecule has 1 aliphatic heterocycles. The number of nitrogens with zero attached hydrogens (tertiary/aromatic N) is 1. The van der Waals surface area contributed by atoms with Crippen molar-refractivity contribution in [2.75, 3.05) is 46.6 Å². The molecule has 2 rings (SSSR count). The van der Waals surface area contributed by atoms with Crippen molar-refractivity contribution >= 4 is 0 Å². The standard InChI is InChI=1S/C21H36N2O5/c1-27-20-8-7-17(12-22-18(14-24)15-25)21(11-20)28-16-19(26)13-23-9-5-3-2-4-6-10-23/h7-8,11,18-19,22,24-26H,2-6,9-10,12-16H2,1H3. The Kier molecular flexibility index (Phi) is 10.6. The number of likely N-dealkylation sites (tertiary alicyclic amines) is 1. The number of ether oxygens (including phenoxy) is 2. The number of aliphatic hydroxyl groups is 3. The smallest absolute Gasteiger partial charge is 0.127 e. The molecule has 0 radical (unpaired) electrons. The van der Waals surface area contributed by atoms with Crippen molar-refractivity contribution in [3.8, 4) is 11.5 Å². The van der Waals surface area contributed by atoms with E-state index in [1.165, 1.54) is 32.1 Å². The topological polar surface area (TPSA) is 94.4 Å². The molecule has 7 heteroatoms. The SMILES string of the molecule is COc1ccc(CNC(CO)CO)c(OCC(O)CN2CCCCCCC2)c1. The number of rotatable bonds is 11. The van der Waals surface area contributed by atoms with Crippen molar-refractivity contribution in [3.05, 3.63) is 23.8 Å². The molecule has 160 valence electrons. The van der Waals surface area contributed by atoms with Crippen LogP contribution in [-0.2, 0) is 6.54 Å². The van der Waals surface area contributed by atoms with Crippen LogP contribution in [-0.4, -0.2) is 78.9 Å². The second-order valence-corrected chi connectivity index (χ2v) is 7.45. The Labute approximate surface area is 168 Å². The molecule has 0 aliphatic carbocycles. The number of benzene rings is 1. The molecule has 0 amide bonds. The minimum absolute atomic E-state index is 0.141. The fourth-order valence-electron chi connectivity index (χ4n) is 3.42. The van der Waals surface area contributed by atoms with Crippen LogP contribution >= 0.6 is 0 Å². The molecule has 1 aromatic carbocycles. The van der Waals surface area contributed by atoms with E-state index in [2.05, 4.69) is 10.2 Å². The van der Waals surface area contributed by atoms with Gasteiger partial charge in [-0.25, -0.2) is 0 Å². The lowest BCUT2D eigenvalue weighted by atomic mass is 10.1. The summed E-state index contributed by atoms with van der Waals surface area (Å²) in [6, 6.07) is 5.14. The quantitative estimate of drug-likeness (QED) is 0.446. The van der Waals surface area contributed by atoms with Gasteiger partial charge in [-0.05, 0) is 32.0 Å². The average molecular weight is 397 g/mol. The first kappa shape index (κ1) is 22.9. The summed E-state index contributed by atoms with van der Waals surface area (Å²) in [6.45, 7) is 3.06. The highest BCUT2D eigenvalue weighted by Crippen LogP contribution is 2.25. The lowest BCUT2D eigenvalue weighted by molar-refractivity contribution is 0.0649. The Bertz CT molecular complexity index is 546. The summed E-state index contributed by atoms with van der Waals surface area (Å²) in [5.74, 6) is 1.31. The third kappa shape index (κ3) is 7.93. The highest BCUT2D eigenvalue weighted by atomic mass is 16.5. The zero-order valence-electron chi connectivity index (χ0n) is 17.0. The summed E-state index contributed by atoms with van der Waals surface area (Å²) in [7, 11) is 1.60. The van der Waals surface area contributed by atoms with Gasteiger partial charge in [0.05, 0.1) is 26.4 Å². The Morgan fingerprint density at radius 1 is 1.07 bits per heavy atom. The van der Waals surface area contributed by atoms with Crippen LogP contribution in [0.25, 0.3) is 0 Å². The lowest BCUT2D eigenvalue weighted by Crippen LogP contribution is -2.37. The number of nitrogens with one attached hydrogen (secondary N) is 1. The summed E-state index contributed by atoms with van der Waals surface area (Å²) >= 11 is 0. The zero-order valence-corrected chi connectivity index (χ0v) is 17.0. The van der Waals surface area contributed by atoms with Gasteiger partial charge in [0.2, 0.25) is 0 Å². The number of aliphatic hydroxyl groups excluding tert-OH is 3. The normalized spacial score (nSPS) is 17.2. The highest BCUT2D eigenvalue weighted by molar-refractivity contribution is 5.40. The summed E-state index contributed by atoms with van der Waals surface area (Å²) in [6.07, 6.45) is 5.68. The van der Waals surface area contributed by atoms with E-state index in [1.807, 2.05) is 12.1 Å². The first-order valence-electron chi connectivity index (χ1n) is 10.3. The average Bonchev–Trinajstić information content (AvgIpc) is 2.69. The second kappa shape index (κ2) is 13.0. The molecular formula is C21H36N2O5. The molecule has 0 spiro atoms. The van der Waals surface area contributed by atoms with Crippen LogP contribution in [0.5, 0.6) is 11.5 Å². The summed E-state index contributed by atoms with van der Waals surface area (Å²) in [4.78, 5) is 2.33. The van der Waals surface area contributed by atoms with Crippen molar-refractivity contribution in [3.63, 3.8) is 0 Å². The van der Waals surface area contributed by atoms with Gasteiger partial charge < -0.3 is 35.0 Å². The molecule has 1 saturated heterocycles. The van der Waals surface area contributed by atoms with Crippen LogP contribution in [0.15, 0.2) is 18.2 Å². The minimum atomic E-state index is -0.561. The maximum absolute atomic E-state index is 10.5. The van der Waals surface area contributed by atoms with Crippen molar-refractivity contribution < 1.29 is 24.8 Å². The molecule has 28 heavy (non-hydrogen) atoms. The van der Waals surface area contributed by atoms with Crippen molar-refractivity contribution in [2.24, 2.45) is 0 Å². The van der Waals surface area contributed by atoms with E-state index >= 15 is 0 Å². The third-order valence-electron chi connectivity index (χ3n) is 5.15. The van der Waals surface area contributed by atoms with Gasteiger partial charge >= 0.3 is 0 Å². The van der Waals surface area contributed by atoms with E-state index in [9.17, 15) is 15.3 Å². The first-order chi connectivity index (χ1) is 13.7. The van der Waals surface area contributed by atoms with Gasteiger partial charge in [0, 0.05) is 24.7 Å². The summed E-state index contributed by atoms with van der Waals surface area (Å²) in [5, 5.41) is 32.0. The van der Waals surface area contributed by atoms with Gasteiger partial charge in [-0.1, -0.05) is 25.3 Å². The Morgan fingerprint density at radius 2 is 1.75 bits per heavy atom. The Hall–Kier alpha value is -1.38. The molecule has 0 aromatic heterocycles. The number of hydrogen-bond donors (Lipinski definition) is 4. The lowest BCUT2D eigenvalue weighted by Gasteiger charge is -2.27. The van der Waals surface area contributed by atoms with Crippen LogP contribution in [0.2, 0.25) is 0 Å². The molecule has 0 saturated carbocycles. The molecule has 1 atom stereocenters. The molecule has 1 heterocycles. The maximum Gasteiger partial charge on any atom is 0.127 e. The Balaban J connectivity index is 1.90. The van der Waals surface area contributed by atoms with Gasteiger partial charge in [0.1, 0.15) is 24.2 Å². The van der Waals surface area contributed by atoms with E-state index in [0.29, 0.717) is 24.6 Å². The summed E-state index contributed by atoms with van der Waals surface area (Å²) in [5.41, 5.74) is 0.881. The minimum Gasteiger partial charge on any atom is -0.497 e. The Morgan fingerprint density at radius 3 is 2.39 bits per heavy atom. The van der Waals surface area contributed by atoms with Crippen LogP contribution in [0.1, 0.15) is 37.7 Å². The van der Waals surface area contributed by atoms with Gasteiger partial charge in [-0.3, -0.25) is 0 Å². The van der Waals surface area contributed by atoms with Gasteiger partial charge in [0.25, 0.3) is 0 Å². The molecule has 1 fully saturated rings. The molecule has 1 unspecified atom stereocenters. The van der Waals surface area contributed by atoms with E-state index in [-0.39, 0.29) is 25.9 Å². The van der Waals surface area contributed by atoms with Gasteiger partial charge in [-0.2, -0.15) is 0 Å². The molecule has 0 bridgehead atoms. The van der Waals surface area contributed by atoms with E-state index in [4.69, 9.17) is 9.47 Å². The van der Waals surface area contributed by atoms with E-state index < -0.39 is 6.10 Å². The monoisotopic (exact) mass is 396 g/mol. The van der Waals surface area contributed by atoms with Gasteiger partial charge in [-0.15, -0.1) is 0 Å². The van der Waals surface area contributed by atoms with E-state index in [0.717, 1.165) is 18.7 Å². The zero-order chi connectivity index (χ0) is 20.2. The second-order valence-electron chi connectivity index (χ2n) is 7.45. The fraction of sp³-hybridized carbons (Fsp3) is 0.714. The summed E-state index contributed by atoms with van der Waals surface area (Å²) < 4.78 is 11.2. The molecule has 1 aromatic rings. The fourth-order valence-corrected chi connectivity index (χ4v) is 3.42. The predicted octanol–water partition coefficient (Wildman–Crippen LogP) is 1.14. The van der Waals surface area contributed by atoms with Crippen molar-refractivity contribution in [2.45, 2.75) is 50.8 Å². The third-order valence-corrected chi connectivity index (χ3v) is 5.15. The molecule has 4 N–H and O–H groups in total.